The molecule has 0 saturated carbocycles. The highest BCUT2D eigenvalue weighted by molar-refractivity contribution is 6.34. The predicted octanol–water partition coefficient (Wildman–Crippen LogP) is 3.23. The standard InChI is InChI=1S/C13H10ClNO4/c1-18-9-4-2-3-5-10(9)19-12-11(14)8(13(16)17)6-7-15-12/h2-7H,1H3,(H,16,17). The molecule has 0 aliphatic rings. The molecular weight excluding hydrogens is 270 g/mol. The second-order valence-electron chi connectivity index (χ2n) is 3.54. The highest BCUT2D eigenvalue weighted by Gasteiger charge is 2.16. The van der Waals surface area contributed by atoms with Crippen LogP contribution < -0.4 is 9.47 Å². The van der Waals surface area contributed by atoms with Gasteiger partial charge in [0.15, 0.2) is 11.5 Å². The molecule has 0 amide bonds. The van der Waals surface area contributed by atoms with E-state index in [2.05, 4.69) is 4.98 Å². The van der Waals surface area contributed by atoms with Gasteiger partial charge < -0.3 is 14.6 Å². The first-order valence-electron chi connectivity index (χ1n) is 5.32. The Balaban J connectivity index is 2.39. The smallest absolute Gasteiger partial charge is 0.337 e. The fraction of sp³-hybridized carbons (Fsp3) is 0.0769. The maximum Gasteiger partial charge on any atom is 0.337 e. The van der Waals surface area contributed by atoms with Crippen LogP contribution >= 0.6 is 11.6 Å². The number of carboxylic acids is 1. The molecular formula is C13H10ClNO4. The number of benzene rings is 1. The van der Waals surface area contributed by atoms with E-state index in [1.54, 1.807) is 24.3 Å². The number of carbonyl (C=O) groups is 1. The zero-order chi connectivity index (χ0) is 13.8. The zero-order valence-electron chi connectivity index (χ0n) is 9.96. The Labute approximate surface area is 114 Å². The van der Waals surface area contributed by atoms with Crippen LogP contribution in [0.4, 0.5) is 0 Å². The normalized spacial score (nSPS) is 10.0. The third kappa shape index (κ3) is 2.77. The minimum atomic E-state index is -1.14. The first-order valence-corrected chi connectivity index (χ1v) is 5.70. The number of nitrogens with zero attached hydrogens (tertiary/aromatic N) is 1. The number of rotatable bonds is 4. The number of aromatic nitrogens is 1. The van der Waals surface area contributed by atoms with Crippen molar-refractivity contribution in [2.75, 3.05) is 7.11 Å². The molecule has 1 aromatic carbocycles. The Morgan fingerprint density at radius 2 is 1.95 bits per heavy atom. The van der Waals surface area contributed by atoms with Crippen LogP contribution in [0, 0.1) is 0 Å². The van der Waals surface area contributed by atoms with Crippen LogP contribution in [0.5, 0.6) is 17.4 Å². The van der Waals surface area contributed by atoms with E-state index >= 15 is 0 Å². The minimum absolute atomic E-state index is 0.0195. The van der Waals surface area contributed by atoms with E-state index in [1.165, 1.54) is 19.4 Å². The number of halogens is 1. The SMILES string of the molecule is COc1ccccc1Oc1nccc(C(=O)O)c1Cl. The topological polar surface area (TPSA) is 68.7 Å². The molecule has 0 fully saturated rings. The molecule has 2 rings (SSSR count). The number of carboxylic acid groups (broad SMARTS) is 1. The summed E-state index contributed by atoms with van der Waals surface area (Å²) >= 11 is 5.94. The van der Waals surface area contributed by atoms with E-state index in [0.717, 1.165) is 0 Å². The molecule has 1 N–H and O–H groups in total. The van der Waals surface area contributed by atoms with Crippen molar-refractivity contribution >= 4 is 17.6 Å². The molecule has 0 radical (unpaired) electrons. The zero-order valence-corrected chi connectivity index (χ0v) is 10.7. The summed E-state index contributed by atoms with van der Waals surface area (Å²) in [6.45, 7) is 0. The maximum absolute atomic E-state index is 11.0. The van der Waals surface area contributed by atoms with Crippen molar-refractivity contribution in [2.24, 2.45) is 0 Å². The molecule has 0 saturated heterocycles. The van der Waals surface area contributed by atoms with Crippen LogP contribution in [-0.4, -0.2) is 23.2 Å². The van der Waals surface area contributed by atoms with E-state index in [4.69, 9.17) is 26.2 Å². The molecule has 0 unspecified atom stereocenters. The van der Waals surface area contributed by atoms with Gasteiger partial charge in [-0.2, -0.15) is 0 Å². The van der Waals surface area contributed by atoms with Crippen molar-refractivity contribution in [2.45, 2.75) is 0 Å². The third-order valence-corrected chi connectivity index (χ3v) is 2.73. The number of pyridine rings is 1. The van der Waals surface area contributed by atoms with Crippen molar-refractivity contribution < 1.29 is 19.4 Å². The van der Waals surface area contributed by atoms with Gasteiger partial charge in [0, 0.05) is 6.20 Å². The summed E-state index contributed by atoms with van der Waals surface area (Å²) in [5, 5.41) is 8.91. The number of aromatic carboxylic acids is 1. The van der Waals surface area contributed by atoms with E-state index in [9.17, 15) is 4.79 Å². The summed E-state index contributed by atoms with van der Waals surface area (Å²) in [4.78, 5) is 14.9. The quantitative estimate of drug-likeness (QED) is 0.930. The summed E-state index contributed by atoms with van der Waals surface area (Å²) in [5.74, 6) is -0.216. The van der Waals surface area contributed by atoms with Gasteiger partial charge in [0.05, 0.1) is 12.7 Å². The number of para-hydroxylation sites is 2. The van der Waals surface area contributed by atoms with E-state index in [0.29, 0.717) is 11.5 Å². The Morgan fingerprint density at radius 3 is 2.58 bits per heavy atom. The van der Waals surface area contributed by atoms with Gasteiger partial charge in [0.25, 0.3) is 0 Å². The summed E-state index contributed by atoms with van der Waals surface area (Å²) in [7, 11) is 1.50. The molecule has 2 aromatic rings. The molecule has 98 valence electrons. The van der Waals surface area contributed by atoms with E-state index < -0.39 is 5.97 Å². The Morgan fingerprint density at radius 1 is 1.26 bits per heavy atom. The van der Waals surface area contributed by atoms with E-state index in [1.807, 2.05) is 0 Å². The summed E-state index contributed by atoms with van der Waals surface area (Å²) in [6, 6.07) is 8.23. The lowest BCUT2D eigenvalue weighted by atomic mass is 10.2. The summed E-state index contributed by atoms with van der Waals surface area (Å²) in [5.41, 5.74) is -0.0680. The molecule has 0 aliphatic heterocycles. The average Bonchev–Trinajstić information content (AvgIpc) is 2.41. The Kier molecular flexibility index (Phi) is 3.87. The van der Waals surface area contributed by atoms with E-state index in [-0.39, 0.29) is 16.5 Å². The van der Waals surface area contributed by atoms with Crippen molar-refractivity contribution in [3.63, 3.8) is 0 Å². The molecule has 19 heavy (non-hydrogen) atoms. The van der Waals surface area contributed by atoms with Gasteiger partial charge in [-0.15, -0.1) is 0 Å². The van der Waals surface area contributed by atoms with Gasteiger partial charge in [-0.25, -0.2) is 9.78 Å². The maximum atomic E-state index is 11.0. The first-order chi connectivity index (χ1) is 9.13. The predicted molar refractivity (Wildman–Crippen MR) is 69.3 cm³/mol. The highest BCUT2D eigenvalue weighted by Crippen LogP contribution is 2.34. The van der Waals surface area contributed by atoms with Gasteiger partial charge in [-0.1, -0.05) is 23.7 Å². The van der Waals surface area contributed by atoms with Crippen molar-refractivity contribution in [3.05, 3.63) is 47.1 Å². The largest absolute Gasteiger partial charge is 0.493 e. The highest BCUT2D eigenvalue weighted by atomic mass is 35.5. The van der Waals surface area contributed by atoms with Gasteiger partial charge in [-0.05, 0) is 18.2 Å². The Bertz CT molecular complexity index is 615. The first kappa shape index (κ1) is 13.2. The van der Waals surface area contributed by atoms with Crippen LogP contribution in [0.3, 0.4) is 0 Å². The number of ether oxygens (including phenoxy) is 2. The fourth-order valence-corrected chi connectivity index (χ4v) is 1.70. The van der Waals surface area contributed by atoms with Crippen molar-refractivity contribution in [1.82, 2.24) is 4.98 Å². The summed E-state index contributed by atoms with van der Waals surface area (Å²) in [6.07, 6.45) is 1.32. The van der Waals surface area contributed by atoms with Gasteiger partial charge in [0.1, 0.15) is 5.02 Å². The Hall–Kier alpha value is -2.27. The number of hydrogen-bond donors (Lipinski definition) is 1. The molecule has 5 nitrogen and oxygen atoms in total. The van der Waals surface area contributed by atoms with Crippen LogP contribution in [-0.2, 0) is 0 Å². The molecule has 0 atom stereocenters. The van der Waals surface area contributed by atoms with Crippen LogP contribution in [0.15, 0.2) is 36.5 Å². The third-order valence-electron chi connectivity index (χ3n) is 2.36. The lowest BCUT2D eigenvalue weighted by Gasteiger charge is -2.10. The van der Waals surface area contributed by atoms with Gasteiger partial charge in [-0.3, -0.25) is 0 Å². The lowest BCUT2D eigenvalue weighted by molar-refractivity contribution is 0.0696. The molecule has 1 aromatic heterocycles. The van der Waals surface area contributed by atoms with Crippen molar-refractivity contribution in [1.29, 1.82) is 0 Å². The van der Waals surface area contributed by atoms with Crippen molar-refractivity contribution in [3.8, 4) is 17.4 Å². The second-order valence-corrected chi connectivity index (χ2v) is 3.91. The lowest BCUT2D eigenvalue weighted by Crippen LogP contribution is -2.00. The average molecular weight is 280 g/mol. The van der Waals surface area contributed by atoms with Gasteiger partial charge >= 0.3 is 5.97 Å². The summed E-state index contributed by atoms with van der Waals surface area (Å²) < 4.78 is 10.6. The number of methoxy groups -OCH3 is 1. The monoisotopic (exact) mass is 279 g/mol. The molecule has 0 bridgehead atoms. The fourth-order valence-electron chi connectivity index (χ4n) is 1.47. The van der Waals surface area contributed by atoms with Crippen LogP contribution in [0.25, 0.3) is 0 Å². The molecule has 1 heterocycles. The minimum Gasteiger partial charge on any atom is -0.493 e. The molecule has 0 spiro atoms. The van der Waals surface area contributed by atoms with Crippen LogP contribution in [0.1, 0.15) is 10.4 Å². The number of hydrogen-bond acceptors (Lipinski definition) is 4. The molecule has 6 heteroatoms. The molecule has 0 aliphatic carbocycles. The van der Waals surface area contributed by atoms with Gasteiger partial charge in [0.2, 0.25) is 5.88 Å². The second kappa shape index (κ2) is 5.58. The van der Waals surface area contributed by atoms with Crippen LogP contribution in [0.2, 0.25) is 5.02 Å².